The zero-order valence-corrected chi connectivity index (χ0v) is 17.4. The number of aromatic nitrogens is 1. The van der Waals surface area contributed by atoms with Crippen molar-refractivity contribution in [1.29, 1.82) is 0 Å². The van der Waals surface area contributed by atoms with Gasteiger partial charge in [0.1, 0.15) is 0 Å². The lowest BCUT2D eigenvalue weighted by Gasteiger charge is -2.31. The standard InChI is InChI=1S/C25H24N3OP/c26-24(23-18-10-11-19-27-23)25(20-12-4-1-5-13-20)28-30(29,21-14-6-2-7-15-21)22-16-8-3-9-17-22/h1-19,24-25H,26H2,(H,28,29). The van der Waals surface area contributed by atoms with Crippen LogP contribution in [0, 0.1) is 0 Å². The number of nitrogens with zero attached hydrogens (tertiary/aromatic N) is 1. The van der Waals surface area contributed by atoms with E-state index in [1.54, 1.807) is 6.20 Å². The second kappa shape index (κ2) is 9.19. The molecule has 0 saturated carbocycles. The van der Waals surface area contributed by atoms with Gasteiger partial charge in [0.15, 0.2) is 0 Å². The highest BCUT2D eigenvalue weighted by atomic mass is 31.2. The van der Waals surface area contributed by atoms with E-state index in [-0.39, 0.29) is 0 Å². The van der Waals surface area contributed by atoms with E-state index in [1.165, 1.54) is 0 Å². The largest absolute Gasteiger partial charge is 0.321 e. The Kier molecular flexibility index (Phi) is 6.20. The van der Waals surface area contributed by atoms with Crippen LogP contribution in [-0.2, 0) is 4.57 Å². The Bertz CT molecular complexity index is 1060. The number of hydrogen-bond acceptors (Lipinski definition) is 3. The van der Waals surface area contributed by atoms with Crippen LogP contribution in [0.4, 0.5) is 0 Å². The number of hydrogen-bond donors (Lipinski definition) is 2. The van der Waals surface area contributed by atoms with Gasteiger partial charge in [-0.15, -0.1) is 0 Å². The predicted octanol–water partition coefficient (Wildman–Crippen LogP) is 4.34. The summed E-state index contributed by atoms with van der Waals surface area (Å²) in [5.74, 6) is 0. The van der Waals surface area contributed by atoms with Crippen LogP contribution >= 0.6 is 7.29 Å². The molecular weight excluding hydrogens is 389 g/mol. The van der Waals surface area contributed by atoms with Crippen molar-refractivity contribution >= 4 is 17.9 Å². The molecule has 0 spiro atoms. The highest BCUT2D eigenvalue weighted by Crippen LogP contribution is 2.44. The zero-order chi connectivity index (χ0) is 20.8. The van der Waals surface area contributed by atoms with E-state index in [9.17, 15) is 4.57 Å². The normalized spacial score (nSPS) is 13.5. The van der Waals surface area contributed by atoms with Gasteiger partial charge < -0.3 is 5.73 Å². The van der Waals surface area contributed by atoms with Crippen molar-refractivity contribution in [3.8, 4) is 0 Å². The molecule has 0 amide bonds. The number of benzene rings is 3. The molecule has 4 rings (SSSR count). The molecule has 0 bridgehead atoms. The zero-order valence-electron chi connectivity index (χ0n) is 16.5. The van der Waals surface area contributed by atoms with Crippen molar-refractivity contribution in [1.82, 2.24) is 10.1 Å². The van der Waals surface area contributed by atoms with E-state index in [0.717, 1.165) is 21.9 Å². The van der Waals surface area contributed by atoms with Crippen LogP contribution < -0.4 is 21.4 Å². The summed E-state index contributed by atoms with van der Waals surface area (Å²) in [6.45, 7) is 0. The maximum atomic E-state index is 14.5. The van der Waals surface area contributed by atoms with Gasteiger partial charge in [-0.25, -0.2) is 0 Å². The first-order valence-corrected chi connectivity index (χ1v) is 11.6. The highest BCUT2D eigenvalue weighted by Gasteiger charge is 2.34. The Morgan fingerprint density at radius 3 is 1.70 bits per heavy atom. The quantitative estimate of drug-likeness (QED) is 0.442. The molecule has 1 aromatic heterocycles. The smallest absolute Gasteiger partial charge is 0.205 e. The lowest BCUT2D eigenvalue weighted by Crippen LogP contribution is -2.36. The molecule has 5 heteroatoms. The molecule has 0 aliphatic carbocycles. The molecule has 0 fully saturated rings. The summed E-state index contributed by atoms with van der Waals surface area (Å²) >= 11 is 0. The second-order valence-electron chi connectivity index (χ2n) is 7.08. The van der Waals surface area contributed by atoms with Crippen LogP contribution in [0.15, 0.2) is 115 Å². The monoisotopic (exact) mass is 413 g/mol. The maximum Gasteiger partial charge on any atom is 0.205 e. The average Bonchev–Trinajstić information content (AvgIpc) is 2.84. The molecule has 2 unspecified atom stereocenters. The van der Waals surface area contributed by atoms with Crippen molar-refractivity contribution in [3.63, 3.8) is 0 Å². The summed E-state index contributed by atoms with van der Waals surface area (Å²) in [6, 6.07) is 33.8. The minimum absolute atomic E-state index is 0.396. The van der Waals surface area contributed by atoms with Crippen LogP contribution in [0.25, 0.3) is 0 Å². The Hall–Kier alpha value is -3.04. The minimum atomic E-state index is -3.18. The van der Waals surface area contributed by atoms with Gasteiger partial charge in [0, 0.05) is 16.8 Å². The Morgan fingerprint density at radius 2 is 1.20 bits per heavy atom. The van der Waals surface area contributed by atoms with Gasteiger partial charge in [0.05, 0.1) is 17.8 Å². The topological polar surface area (TPSA) is 68.0 Å². The van der Waals surface area contributed by atoms with Gasteiger partial charge in [-0.3, -0.25) is 14.6 Å². The summed E-state index contributed by atoms with van der Waals surface area (Å²) in [6.07, 6.45) is 1.73. The SMILES string of the molecule is NC(c1ccccn1)C(NP(=O)(c1ccccc1)c1ccccc1)c1ccccc1. The van der Waals surface area contributed by atoms with Gasteiger partial charge in [0.2, 0.25) is 7.29 Å². The summed E-state index contributed by atoms with van der Waals surface area (Å²) in [5.41, 5.74) is 8.39. The van der Waals surface area contributed by atoms with E-state index < -0.39 is 19.4 Å². The third-order valence-electron chi connectivity index (χ3n) is 5.11. The second-order valence-corrected chi connectivity index (χ2v) is 9.59. The van der Waals surface area contributed by atoms with Crippen LogP contribution in [0.3, 0.4) is 0 Å². The van der Waals surface area contributed by atoms with Crippen molar-refractivity contribution in [2.45, 2.75) is 12.1 Å². The summed E-state index contributed by atoms with van der Waals surface area (Å²) < 4.78 is 14.5. The maximum absolute atomic E-state index is 14.5. The van der Waals surface area contributed by atoms with Crippen molar-refractivity contribution in [2.24, 2.45) is 5.73 Å². The first-order valence-electron chi connectivity index (χ1n) is 9.89. The van der Waals surface area contributed by atoms with Gasteiger partial charge in [-0.05, 0) is 42.0 Å². The fraction of sp³-hybridized carbons (Fsp3) is 0.0800. The fourth-order valence-electron chi connectivity index (χ4n) is 3.54. The first kappa shape index (κ1) is 20.2. The van der Waals surface area contributed by atoms with E-state index >= 15 is 0 Å². The molecule has 3 aromatic carbocycles. The van der Waals surface area contributed by atoms with E-state index in [4.69, 9.17) is 5.73 Å². The third-order valence-corrected chi connectivity index (χ3v) is 7.80. The van der Waals surface area contributed by atoms with Crippen LogP contribution in [-0.4, -0.2) is 4.98 Å². The molecule has 0 saturated heterocycles. The van der Waals surface area contributed by atoms with Crippen LogP contribution in [0.1, 0.15) is 23.3 Å². The lowest BCUT2D eigenvalue weighted by atomic mass is 9.98. The number of pyridine rings is 1. The van der Waals surface area contributed by atoms with Gasteiger partial charge in [0.25, 0.3) is 0 Å². The molecular formula is C25H24N3OP. The molecule has 4 aromatic rings. The Labute approximate surface area is 177 Å². The van der Waals surface area contributed by atoms with E-state index in [1.807, 2.05) is 109 Å². The van der Waals surface area contributed by atoms with Crippen molar-refractivity contribution in [2.75, 3.05) is 0 Å². The average molecular weight is 413 g/mol. The van der Waals surface area contributed by atoms with E-state index in [2.05, 4.69) is 10.1 Å². The predicted molar refractivity (Wildman–Crippen MR) is 123 cm³/mol. The Balaban J connectivity index is 1.82. The summed E-state index contributed by atoms with van der Waals surface area (Å²) in [4.78, 5) is 4.45. The molecule has 2 atom stereocenters. The summed E-state index contributed by atoms with van der Waals surface area (Å²) in [5, 5.41) is 4.95. The molecule has 0 radical (unpaired) electrons. The van der Waals surface area contributed by atoms with Crippen molar-refractivity contribution in [3.05, 3.63) is 127 Å². The van der Waals surface area contributed by atoms with Crippen LogP contribution in [0.2, 0.25) is 0 Å². The fourth-order valence-corrected chi connectivity index (χ4v) is 6.02. The summed E-state index contributed by atoms with van der Waals surface area (Å²) in [7, 11) is -3.18. The molecule has 3 N–H and O–H groups in total. The number of rotatable bonds is 7. The number of nitrogens with one attached hydrogen (secondary N) is 1. The molecule has 1 heterocycles. The van der Waals surface area contributed by atoms with Crippen LogP contribution in [0.5, 0.6) is 0 Å². The lowest BCUT2D eigenvalue weighted by molar-refractivity contribution is 0.503. The van der Waals surface area contributed by atoms with Gasteiger partial charge in [-0.1, -0.05) is 72.8 Å². The molecule has 0 aliphatic heterocycles. The van der Waals surface area contributed by atoms with Crippen molar-refractivity contribution < 1.29 is 4.57 Å². The molecule has 4 nitrogen and oxygen atoms in total. The van der Waals surface area contributed by atoms with Gasteiger partial charge >= 0.3 is 0 Å². The molecule has 0 aliphatic rings. The van der Waals surface area contributed by atoms with Gasteiger partial charge in [-0.2, -0.15) is 0 Å². The Morgan fingerprint density at radius 1 is 0.700 bits per heavy atom. The minimum Gasteiger partial charge on any atom is -0.321 e. The molecule has 150 valence electrons. The number of nitrogens with two attached hydrogens (primary N) is 1. The highest BCUT2D eigenvalue weighted by molar-refractivity contribution is 7.76. The molecule has 30 heavy (non-hydrogen) atoms. The first-order chi connectivity index (χ1) is 14.7. The third kappa shape index (κ3) is 4.27. The van der Waals surface area contributed by atoms with E-state index in [0.29, 0.717) is 0 Å².